The minimum Gasteiger partial charge on any atom is -0.345 e. The van der Waals surface area contributed by atoms with Gasteiger partial charge in [0.05, 0.1) is 27.5 Å². The minimum absolute atomic E-state index is 0.0663. The maximum Gasteiger partial charge on any atom is 0.257 e. The van der Waals surface area contributed by atoms with E-state index in [1.807, 2.05) is 0 Å². The third-order valence-corrected chi connectivity index (χ3v) is 4.35. The molecular formula is C17H11BrFN7O3. The lowest BCUT2D eigenvalue weighted by Crippen LogP contribution is -2.13. The van der Waals surface area contributed by atoms with Crippen molar-refractivity contribution in [3.05, 3.63) is 64.3 Å². The average molecular weight is 460 g/mol. The van der Waals surface area contributed by atoms with Crippen molar-refractivity contribution >= 4 is 50.6 Å². The fourth-order valence-electron chi connectivity index (χ4n) is 2.34. The number of halogens is 2. The molecule has 0 atom stereocenters. The van der Waals surface area contributed by atoms with Crippen LogP contribution in [-0.2, 0) is 4.94 Å². The molecule has 2 aromatic carbocycles. The van der Waals surface area contributed by atoms with Gasteiger partial charge in [0, 0.05) is 5.56 Å². The van der Waals surface area contributed by atoms with Crippen molar-refractivity contribution in [3.63, 3.8) is 0 Å². The smallest absolute Gasteiger partial charge is 0.257 e. The van der Waals surface area contributed by atoms with E-state index in [2.05, 4.69) is 56.8 Å². The summed E-state index contributed by atoms with van der Waals surface area (Å²) in [6, 6.07) is 9.22. The van der Waals surface area contributed by atoms with Gasteiger partial charge in [-0.15, -0.1) is 0 Å². The van der Waals surface area contributed by atoms with Crippen molar-refractivity contribution < 1.29 is 18.8 Å². The largest absolute Gasteiger partial charge is 0.345 e. The lowest BCUT2D eigenvalue weighted by atomic mass is 10.2. The molecule has 0 radical (unpaired) electrons. The van der Waals surface area contributed by atoms with Crippen molar-refractivity contribution in [3.8, 4) is 0 Å². The molecule has 0 saturated heterocycles. The highest BCUT2D eigenvalue weighted by Gasteiger charge is 2.14. The molecule has 146 valence electrons. The lowest BCUT2D eigenvalue weighted by molar-refractivity contribution is 0.102. The number of amides is 1. The molecule has 0 saturated carbocycles. The number of fused-ring (bicyclic) bond motifs is 1. The first-order valence-corrected chi connectivity index (χ1v) is 8.87. The number of carbonyl (C=O) groups excluding carboxylic acids is 1. The van der Waals surface area contributed by atoms with E-state index in [1.54, 1.807) is 24.5 Å². The zero-order chi connectivity index (χ0) is 20.2. The third kappa shape index (κ3) is 4.21. The molecule has 0 aliphatic carbocycles. The molecule has 0 aliphatic heterocycles. The average Bonchev–Trinajstić information content (AvgIpc) is 3.36. The molecular weight excluding hydrogens is 449 g/mol. The molecule has 4 rings (SSSR count). The van der Waals surface area contributed by atoms with Gasteiger partial charge in [-0.2, -0.15) is 5.48 Å². The summed E-state index contributed by atoms with van der Waals surface area (Å²) in [6.07, 6.45) is 2.73. The van der Waals surface area contributed by atoms with Gasteiger partial charge in [-0.3, -0.25) is 9.73 Å². The molecule has 0 spiro atoms. The number of anilines is 2. The Balaban J connectivity index is 1.39. The van der Waals surface area contributed by atoms with E-state index in [0.717, 1.165) is 11.0 Å². The van der Waals surface area contributed by atoms with Crippen LogP contribution in [0.25, 0.3) is 11.0 Å². The van der Waals surface area contributed by atoms with Crippen molar-refractivity contribution in [2.45, 2.75) is 0 Å². The molecule has 29 heavy (non-hydrogen) atoms. The third-order valence-electron chi connectivity index (χ3n) is 3.74. The lowest BCUT2D eigenvalue weighted by Gasteiger charge is -2.03. The van der Waals surface area contributed by atoms with E-state index in [1.165, 1.54) is 24.4 Å². The van der Waals surface area contributed by atoms with E-state index >= 15 is 0 Å². The summed E-state index contributed by atoms with van der Waals surface area (Å²) in [5.41, 5.74) is 4.98. The molecule has 0 aliphatic rings. The van der Waals surface area contributed by atoms with E-state index in [4.69, 9.17) is 4.94 Å². The van der Waals surface area contributed by atoms with E-state index in [0.29, 0.717) is 11.3 Å². The van der Waals surface area contributed by atoms with Crippen LogP contribution in [-0.4, -0.2) is 32.4 Å². The Bertz CT molecular complexity index is 1210. The summed E-state index contributed by atoms with van der Waals surface area (Å²) in [5, 5.41) is 13.5. The number of carbonyl (C=O) groups is 1. The van der Waals surface area contributed by atoms with Gasteiger partial charge in [0.2, 0.25) is 5.82 Å². The highest BCUT2D eigenvalue weighted by molar-refractivity contribution is 9.10. The molecule has 12 heteroatoms. The van der Waals surface area contributed by atoms with Gasteiger partial charge in [0.1, 0.15) is 12.0 Å². The summed E-state index contributed by atoms with van der Waals surface area (Å²) in [7, 11) is 0. The number of imidazole rings is 1. The van der Waals surface area contributed by atoms with Gasteiger partial charge in [0.15, 0.2) is 5.69 Å². The Kier molecular flexibility index (Phi) is 5.16. The Hall–Kier alpha value is -3.80. The molecule has 1 amide bonds. The van der Waals surface area contributed by atoms with Gasteiger partial charge in [-0.25, -0.2) is 14.0 Å². The zero-order valence-corrected chi connectivity index (χ0v) is 16.0. The van der Waals surface area contributed by atoms with Crippen LogP contribution in [0.4, 0.5) is 15.9 Å². The first-order valence-electron chi connectivity index (χ1n) is 8.07. The number of H-pyrrole nitrogens is 1. The number of benzene rings is 2. The fourth-order valence-corrected chi connectivity index (χ4v) is 2.72. The number of nitrogens with zero attached hydrogens (tertiary/aromatic N) is 4. The topological polar surface area (TPSA) is 130 Å². The Morgan fingerprint density at radius 2 is 2.17 bits per heavy atom. The van der Waals surface area contributed by atoms with Crippen LogP contribution in [0.15, 0.2) is 57.0 Å². The van der Waals surface area contributed by atoms with Crippen molar-refractivity contribution in [2.24, 2.45) is 5.16 Å². The quantitative estimate of drug-likeness (QED) is 0.297. The van der Waals surface area contributed by atoms with Crippen molar-refractivity contribution in [1.82, 2.24) is 20.3 Å². The SMILES string of the molecule is O=C(Nc1nonc1/C=N/ONc1ccc(F)c(Br)c1)c1ccc2nc[nH]c2c1. The minimum atomic E-state index is -0.415. The molecule has 0 bridgehead atoms. The maximum atomic E-state index is 13.2. The Labute approximate surface area is 170 Å². The van der Waals surface area contributed by atoms with Gasteiger partial charge in [-0.1, -0.05) is 5.16 Å². The van der Waals surface area contributed by atoms with Crippen LogP contribution in [0.3, 0.4) is 0 Å². The molecule has 4 aromatic rings. The van der Waals surface area contributed by atoms with Gasteiger partial charge in [0.25, 0.3) is 5.91 Å². The zero-order valence-electron chi connectivity index (χ0n) is 14.4. The van der Waals surface area contributed by atoms with Crippen LogP contribution in [0.2, 0.25) is 0 Å². The maximum absolute atomic E-state index is 13.2. The van der Waals surface area contributed by atoms with E-state index in [9.17, 15) is 9.18 Å². The molecule has 10 nitrogen and oxygen atoms in total. The van der Waals surface area contributed by atoms with Crippen LogP contribution in [0, 0.1) is 5.82 Å². The second kappa shape index (κ2) is 8.06. The summed E-state index contributed by atoms with van der Waals surface area (Å²) in [4.78, 5) is 24.4. The van der Waals surface area contributed by atoms with Crippen LogP contribution < -0.4 is 10.8 Å². The van der Waals surface area contributed by atoms with Gasteiger partial charge in [-0.05, 0) is 62.6 Å². The second-order valence-corrected chi connectivity index (χ2v) is 6.50. The number of aromatic amines is 1. The summed E-state index contributed by atoms with van der Waals surface area (Å²) < 4.78 is 18.1. The second-order valence-electron chi connectivity index (χ2n) is 5.64. The highest BCUT2D eigenvalue weighted by Crippen LogP contribution is 2.20. The van der Waals surface area contributed by atoms with Gasteiger partial charge >= 0.3 is 0 Å². The van der Waals surface area contributed by atoms with E-state index < -0.39 is 11.7 Å². The molecule has 2 aromatic heterocycles. The molecule has 0 fully saturated rings. The number of oxime groups is 1. The number of nitrogens with one attached hydrogen (secondary N) is 3. The number of rotatable bonds is 6. The predicted molar refractivity (Wildman–Crippen MR) is 105 cm³/mol. The Morgan fingerprint density at radius 1 is 1.28 bits per heavy atom. The number of aromatic nitrogens is 4. The molecule has 0 unspecified atom stereocenters. The first-order chi connectivity index (χ1) is 14.1. The summed E-state index contributed by atoms with van der Waals surface area (Å²) in [6.45, 7) is 0. The normalized spacial score (nSPS) is 11.1. The standard InChI is InChI=1S/C17H11BrFN7O3/c18-11-6-10(2-3-12(11)19)24-28-22-7-15-16(26-29-25-15)23-17(27)9-1-4-13-14(5-9)21-8-20-13/h1-8,24H,(H,20,21)(H,23,26,27)/b22-7+. The number of hydrogen-bond donors (Lipinski definition) is 3. The Morgan fingerprint density at radius 3 is 3.03 bits per heavy atom. The summed E-state index contributed by atoms with van der Waals surface area (Å²) in [5.74, 6) is -0.751. The van der Waals surface area contributed by atoms with Gasteiger partial charge < -0.3 is 10.3 Å². The monoisotopic (exact) mass is 459 g/mol. The van der Waals surface area contributed by atoms with Crippen LogP contribution >= 0.6 is 15.9 Å². The van der Waals surface area contributed by atoms with Crippen molar-refractivity contribution in [1.29, 1.82) is 0 Å². The van der Waals surface area contributed by atoms with Crippen LogP contribution in [0.1, 0.15) is 16.1 Å². The highest BCUT2D eigenvalue weighted by atomic mass is 79.9. The fraction of sp³-hybridized carbons (Fsp3) is 0. The first kappa shape index (κ1) is 18.6. The van der Waals surface area contributed by atoms with E-state index in [-0.39, 0.29) is 16.0 Å². The number of hydrogen-bond acceptors (Lipinski definition) is 8. The molecule has 3 N–H and O–H groups in total. The van der Waals surface area contributed by atoms with Crippen LogP contribution in [0.5, 0.6) is 0 Å². The predicted octanol–water partition coefficient (Wildman–Crippen LogP) is 3.48. The molecule has 2 heterocycles. The van der Waals surface area contributed by atoms with Crippen molar-refractivity contribution in [2.75, 3.05) is 10.8 Å². The summed E-state index contributed by atoms with van der Waals surface area (Å²) >= 11 is 3.06.